The predicted molar refractivity (Wildman–Crippen MR) is 148 cm³/mol. The topological polar surface area (TPSA) is 124 Å². The molecule has 0 atom stereocenters. The van der Waals surface area contributed by atoms with Crippen LogP contribution in [0, 0.1) is 33.5 Å². The monoisotopic (exact) mass is 554 g/mol. The van der Waals surface area contributed by atoms with E-state index in [1.54, 1.807) is 6.20 Å². The van der Waals surface area contributed by atoms with Gasteiger partial charge in [0.1, 0.15) is 17.1 Å². The second-order valence-corrected chi connectivity index (χ2v) is 12.8. The largest absolute Gasteiger partial charge is 0.366 e. The van der Waals surface area contributed by atoms with Crippen molar-refractivity contribution >= 4 is 50.9 Å². The molecule has 4 fully saturated rings. The van der Waals surface area contributed by atoms with Gasteiger partial charge in [0.2, 0.25) is 5.91 Å². The number of carbonyl (C=O) groups excluding carboxylic acids is 1. The van der Waals surface area contributed by atoms with Crippen molar-refractivity contribution in [1.29, 1.82) is 16.1 Å². The number of rotatable bonds is 8. The molecule has 0 aromatic carbocycles. The first-order valence-corrected chi connectivity index (χ1v) is 14.8. The Morgan fingerprint density at radius 3 is 2.53 bits per heavy atom. The molecule has 0 unspecified atom stereocenters. The molecule has 200 valence electrons. The van der Waals surface area contributed by atoms with Crippen LogP contribution in [0.15, 0.2) is 23.4 Å². The fourth-order valence-corrected chi connectivity index (χ4v) is 6.77. The van der Waals surface area contributed by atoms with Crippen LogP contribution in [0.1, 0.15) is 50.8 Å². The van der Waals surface area contributed by atoms with Crippen molar-refractivity contribution < 1.29 is 9.18 Å². The van der Waals surface area contributed by atoms with Gasteiger partial charge >= 0.3 is 0 Å². The Bertz CT molecular complexity index is 1330. The lowest BCUT2D eigenvalue weighted by atomic mass is 9.84. The highest BCUT2D eigenvalue weighted by molar-refractivity contribution is 8.26. The van der Waals surface area contributed by atoms with Gasteiger partial charge in [0.25, 0.3) is 0 Å². The Morgan fingerprint density at radius 1 is 1.21 bits per heavy atom. The Hall–Kier alpha value is -2.62. The highest BCUT2D eigenvalue weighted by Crippen LogP contribution is 2.49. The minimum absolute atomic E-state index is 0.121. The smallest absolute Gasteiger partial charge is 0.225 e. The fraction of sp³-hybridized carbons (Fsp3) is 0.577. The molecule has 3 saturated carbocycles. The van der Waals surface area contributed by atoms with Crippen LogP contribution < -0.4 is 9.62 Å². The van der Waals surface area contributed by atoms with E-state index in [-0.39, 0.29) is 21.9 Å². The second kappa shape index (κ2) is 9.84. The molecular formula is C26H31FN8OS2. The molecule has 0 bridgehead atoms. The van der Waals surface area contributed by atoms with Crippen LogP contribution in [0.25, 0.3) is 5.52 Å². The Balaban J connectivity index is 1.26. The summed E-state index contributed by atoms with van der Waals surface area (Å²) in [5.41, 5.74) is 0.591. The number of anilines is 1. The van der Waals surface area contributed by atoms with Gasteiger partial charge in [0, 0.05) is 43.2 Å². The Labute approximate surface area is 229 Å². The maximum Gasteiger partial charge on any atom is 0.225 e. The second-order valence-electron chi connectivity index (χ2n) is 10.9. The molecule has 6 rings (SSSR count). The minimum atomic E-state index is -0.748. The van der Waals surface area contributed by atoms with Crippen molar-refractivity contribution in [2.24, 2.45) is 11.3 Å². The van der Waals surface area contributed by atoms with E-state index < -0.39 is 17.6 Å². The zero-order valence-corrected chi connectivity index (χ0v) is 22.8. The van der Waals surface area contributed by atoms with E-state index >= 15 is 0 Å². The lowest BCUT2D eigenvalue weighted by molar-refractivity contribution is -0.138. The molecule has 9 nitrogen and oxygen atoms in total. The number of fused-ring (bicyclic) bond motifs is 1. The number of imidazole rings is 1. The van der Waals surface area contributed by atoms with E-state index in [9.17, 15) is 14.4 Å². The maximum atomic E-state index is 13.5. The first kappa shape index (κ1) is 25.6. The molecule has 0 spiro atoms. The van der Waals surface area contributed by atoms with Crippen LogP contribution in [-0.4, -0.2) is 68.7 Å². The van der Waals surface area contributed by atoms with Crippen LogP contribution in [0.3, 0.4) is 0 Å². The highest BCUT2D eigenvalue weighted by atomic mass is 32.2. The molecule has 4 aliphatic rings. The van der Waals surface area contributed by atoms with Gasteiger partial charge in [-0.05, 0) is 56.5 Å². The number of aromatic nitrogens is 2. The number of nitrogens with one attached hydrogen (secondary N) is 3. The van der Waals surface area contributed by atoms with E-state index in [0.29, 0.717) is 44.8 Å². The summed E-state index contributed by atoms with van der Waals surface area (Å²) in [6, 6.07) is 4.30. The zero-order valence-electron chi connectivity index (χ0n) is 21.1. The standard InChI is InChI=1S/C26H31FN8OS2/c27-15-26(6-7-26)32-38-18-12-19(33-8-10-34(11-9-33)23(36)17-2-1-3-17)20-13-31-22(35(20)14-18)21(29)37-24(30)25(16-28)4-5-25/h12-14,17,29-30,32H,1-11,15H2. The molecule has 3 N–H and O–H groups in total. The fourth-order valence-electron chi connectivity index (χ4n) is 4.95. The number of nitrogens with zero attached hydrogens (tertiary/aromatic N) is 5. The predicted octanol–water partition coefficient (Wildman–Crippen LogP) is 4.22. The van der Waals surface area contributed by atoms with Crippen LogP contribution in [-0.2, 0) is 4.79 Å². The number of alkyl halides is 1. The molecule has 12 heteroatoms. The SMILES string of the molecule is N#CC1(C(=N)SC(=N)c2ncc3c(N4CCN(C(=O)C5CCC5)CC4)cc(SNC4(CF)CC4)cn23)CC1. The normalized spacial score (nSPS) is 21.6. The lowest BCUT2D eigenvalue weighted by Gasteiger charge is -2.39. The van der Waals surface area contributed by atoms with Crippen molar-refractivity contribution in [3.05, 3.63) is 24.3 Å². The summed E-state index contributed by atoms with van der Waals surface area (Å²) in [6.45, 7) is 2.33. The number of carbonyl (C=O) groups is 1. The number of hydrogen-bond acceptors (Lipinski definition) is 9. The van der Waals surface area contributed by atoms with Crippen molar-refractivity contribution in [2.45, 2.75) is 55.4 Å². The van der Waals surface area contributed by atoms with E-state index in [0.717, 1.165) is 60.0 Å². The summed E-state index contributed by atoms with van der Waals surface area (Å²) in [5, 5.41) is 26.8. The van der Waals surface area contributed by atoms with E-state index in [1.807, 2.05) is 15.5 Å². The summed E-state index contributed by atoms with van der Waals surface area (Å²) in [5.74, 6) is 0.887. The third kappa shape index (κ3) is 4.69. The summed E-state index contributed by atoms with van der Waals surface area (Å²) in [6.07, 6.45) is 9.73. The van der Waals surface area contributed by atoms with Gasteiger partial charge in [0.15, 0.2) is 5.82 Å². The molecule has 1 aliphatic heterocycles. The first-order chi connectivity index (χ1) is 18.4. The first-order valence-electron chi connectivity index (χ1n) is 13.2. The van der Waals surface area contributed by atoms with Gasteiger partial charge in [-0.15, -0.1) is 0 Å². The Kier molecular flexibility index (Phi) is 6.64. The van der Waals surface area contributed by atoms with Crippen molar-refractivity contribution in [3.8, 4) is 6.07 Å². The van der Waals surface area contributed by atoms with Crippen LogP contribution >= 0.6 is 23.7 Å². The molecule has 0 radical (unpaired) electrons. The zero-order chi connectivity index (χ0) is 26.5. The average Bonchev–Trinajstić information content (AvgIpc) is 3.82. The van der Waals surface area contributed by atoms with Gasteiger partial charge in [-0.3, -0.25) is 24.7 Å². The minimum Gasteiger partial charge on any atom is -0.366 e. The average molecular weight is 555 g/mol. The quantitative estimate of drug-likeness (QED) is 0.254. The number of piperazine rings is 1. The molecule has 1 saturated heterocycles. The third-order valence-corrected chi connectivity index (χ3v) is 10.3. The van der Waals surface area contributed by atoms with Crippen molar-refractivity contribution in [3.63, 3.8) is 0 Å². The number of thioether (sulfide) groups is 1. The van der Waals surface area contributed by atoms with Crippen LogP contribution in [0.4, 0.5) is 10.1 Å². The van der Waals surface area contributed by atoms with E-state index in [1.165, 1.54) is 11.9 Å². The molecule has 2 aromatic heterocycles. The molecule has 3 aliphatic carbocycles. The summed E-state index contributed by atoms with van der Waals surface area (Å²) >= 11 is 2.38. The summed E-state index contributed by atoms with van der Waals surface area (Å²) in [7, 11) is 0. The third-order valence-electron chi connectivity index (χ3n) is 8.28. The van der Waals surface area contributed by atoms with Gasteiger partial charge in [0.05, 0.1) is 34.1 Å². The molecule has 38 heavy (non-hydrogen) atoms. The van der Waals surface area contributed by atoms with E-state index in [4.69, 9.17) is 10.8 Å². The molecular weight excluding hydrogens is 523 g/mol. The molecule has 1 amide bonds. The van der Waals surface area contributed by atoms with Gasteiger partial charge in [-0.2, -0.15) is 5.26 Å². The number of amides is 1. The van der Waals surface area contributed by atoms with Crippen molar-refractivity contribution in [1.82, 2.24) is 19.0 Å². The number of nitriles is 1. The maximum absolute atomic E-state index is 13.5. The molecule has 2 aromatic rings. The number of hydrogen-bond donors (Lipinski definition) is 3. The molecule has 3 heterocycles. The van der Waals surface area contributed by atoms with Crippen LogP contribution in [0.5, 0.6) is 0 Å². The Morgan fingerprint density at radius 2 is 1.95 bits per heavy atom. The van der Waals surface area contributed by atoms with Crippen molar-refractivity contribution in [2.75, 3.05) is 37.8 Å². The van der Waals surface area contributed by atoms with Gasteiger partial charge in [-0.1, -0.05) is 18.2 Å². The van der Waals surface area contributed by atoms with Gasteiger partial charge in [-0.25, -0.2) is 9.37 Å². The lowest BCUT2D eigenvalue weighted by Crippen LogP contribution is -2.51. The van der Waals surface area contributed by atoms with E-state index in [2.05, 4.69) is 26.7 Å². The summed E-state index contributed by atoms with van der Waals surface area (Å²) < 4.78 is 18.7. The summed E-state index contributed by atoms with van der Waals surface area (Å²) in [4.78, 5) is 22.4. The highest BCUT2D eigenvalue weighted by Gasteiger charge is 2.48. The number of halogens is 1. The number of pyridine rings is 1. The van der Waals surface area contributed by atoms with Gasteiger partial charge < -0.3 is 9.80 Å². The van der Waals surface area contributed by atoms with Crippen LogP contribution in [0.2, 0.25) is 0 Å².